The molecular weight excluding hydrogens is 514 g/mol. The number of benzene rings is 2. The van der Waals surface area contributed by atoms with Crippen LogP contribution in [0.2, 0.25) is 0 Å². The molecule has 0 bridgehead atoms. The van der Waals surface area contributed by atoms with Crippen molar-refractivity contribution >= 4 is 45.0 Å². The van der Waals surface area contributed by atoms with Crippen molar-refractivity contribution in [1.29, 1.82) is 0 Å². The van der Waals surface area contributed by atoms with Gasteiger partial charge in [-0.25, -0.2) is 13.4 Å². The van der Waals surface area contributed by atoms with E-state index in [1.54, 1.807) is 60.7 Å². The van der Waals surface area contributed by atoms with Gasteiger partial charge < -0.3 is 22.5 Å². The molecule has 1 aliphatic heterocycles. The van der Waals surface area contributed by atoms with Crippen molar-refractivity contribution in [2.75, 3.05) is 10.5 Å². The largest absolute Gasteiger partial charge is 0.370 e. The summed E-state index contributed by atoms with van der Waals surface area (Å²) >= 11 is 1.34. The number of pyridine rings is 1. The van der Waals surface area contributed by atoms with E-state index in [0.717, 1.165) is 5.56 Å². The average molecular weight is 542 g/mol. The number of thioether (sulfide) groups is 1. The molecule has 1 aliphatic rings. The minimum Gasteiger partial charge on any atom is -0.370 e. The highest BCUT2D eigenvalue weighted by Crippen LogP contribution is 2.34. The molecule has 1 unspecified atom stereocenters. The summed E-state index contributed by atoms with van der Waals surface area (Å²) in [4.78, 5) is 30.4. The van der Waals surface area contributed by atoms with Gasteiger partial charge in [-0.3, -0.25) is 18.9 Å². The summed E-state index contributed by atoms with van der Waals surface area (Å²) in [7, 11) is -3.91. The molecule has 13 heteroatoms. The van der Waals surface area contributed by atoms with Crippen molar-refractivity contribution < 1.29 is 13.2 Å². The van der Waals surface area contributed by atoms with E-state index in [4.69, 9.17) is 17.2 Å². The van der Waals surface area contributed by atoms with Gasteiger partial charge in [-0.2, -0.15) is 0 Å². The minimum absolute atomic E-state index is 0.0421. The van der Waals surface area contributed by atoms with Crippen LogP contribution in [-0.2, 0) is 33.7 Å². The lowest BCUT2D eigenvalue weighted by atomic mass is 10.2. The van der Waals surface area contributed by atoms with Gasteiger partial charge in [0.25, 0.3) is 5.56 Å². The minimum atomic E-state index is -3.91. The Labute approximate surface area is 218 Å². The predicted molar refractivity (Wildman–Crippen MR) is 145 cm³/mol. The number of aromatic nitrogens is 1. The Kier molecular flexibility index (Phi) is 7.86. The highest BCUT2D eigenvalue weighted by atomic mass is 32.2. The van der Waals surface area contributed by atoms with Crippen molar-refractivity contribution in [2.24, 2.45) is 22.2 Å². The molecule has 8 N–H and O–H groups in total. The van der Waals surface area contributed by atoms with Crippen LogP contribution >= 0.6 is 11.8 Å². The lowest BCUT2D eigenvalue weighted by Crippen LogP contribution is -2.38. The number of carbonyl (C=O) groups excluding carboxylic acids is 1. The molecule has 1 amide bonds. The zero-order valence-corrected chi connectivity index (χ0v) is 21.4. The van der Waals surface area contributed by atoms with Crippen LogP contribution in [-0.4, -0.2) is 30.6 Å². The number of carbonyl (C=O) groups is 1. The van der Waals surface area contributed by atoms with Crippen molar-refractivity contribution in [2.45, 2.75) is 29.9 Å². The number of nitrogens with two attached hydrogens (primary N) is 3. The van der Waals surface area contributed by atoms with E-state index in [2.05, 4.69) is 15.0 Å². The Morgan fingerprint density at radius 3 is 2.43 bits per heavy atom. The molecule has 0 spiro atoms. The molecule has 0 saturated heterocycles. The third-order valence-electron chi connectivity index (χ3n) is 5.63. The van der Waals surface area contributed by atoms with Crippen molar-refractivity contribution in [3.63, 3.8) is 0 Å². The van der Waals surface area contributed by atoms with E-state index in [1.165, 1.54) is 16.3 Å². The van der Waals surface area contributed by atoms with Gasteiger partial charge in [0.05, 0.1) is 16.5 Å². The number of nitrogens with one attached hydrogen (secondary N) is 2. The number of amides is 1. The summed E-state index contributed by atoms with van der Waals surface area (Å²) in [5.74, 6) is -0.391. The molecule has 0 radical (unpaired) electrons. The highest BCUT2D eigenvalue weighted by Gasteiger charge is 2.32. The molecule has 37 heavy (non-hydrogen) atoms. The van der Waals surface area contributed by atoms with Crippen LogP contribution in [0.3, 0.4) is 0 Å². The molecule has 11 nitrogen and oxygen atoms in total. The fraction of sp³-hybridized carbons (Fsp3) is 0.208. The molecule has 0 fully saturated rings. The summed E-state index contributed by atoms with van der Waals surface area (Å²) in [5, 5.41) is 3.39. The van der Waals surface area contributed by atoms with Crippen molar-refractivity contribution in [3.05, 3.63) is 87.7 Å². The van der Waals surface area contributed by atoms with Gasteiger partial charge in [-0.15, -0.1) is 11.8 Å². The monoisotopic (exact) mass is 541 g/mol. The maximum Gasteiger partial charge on any atom is 0.276 e. The predicted octanol–water partition coefficient (Wildman–Crippen LogP) is 1.12. The molecule has 1 aromatic heterocycles. The van der Waals surface area contributed by atoms with E-state index in [-0.39, 0.29) is 36.4 Å². The summed E-state index contributed by atoms with van der Waals surface area (Å²) in [6.45, 7) is 0.184. The van der Waals surface area contributed by atoms with E-state index >= 15 is 0 Å². The molecule has 194 valence electrons. The molecule has 0 aliphatic carbocycles. The lowest BCUT2D eigenvalue weighted by molar-refractivity contribution is -0.124. The summed E-state index contributed by atoms with van der Waals surface area (Å²) in [5.41, 5.74) is 18.2. The number of hydrogen-bond donors (Lipinski definition) is 5. The van der Waals surface area contributed by atoms with Crippen molar-refractivity contribution in [3.8, 4) is 0 Å². The average Bonchev–Trinajstić information content (AvgIpc) is 3.29. The Bertz CT molecular complexity index is 1480. The fourth-order valence-corrected chi connectivity index (χ4v) is 6.32. The van der Waals surface area contributed by atoms with Crippen LogP contribution in [0.25, 0.3) is 0 Å². The van der Waals surface area contributed by atoms with Gasteiger partial charge in [0.1, 0.15) is 11.7 Å². The number of anilines is 1. The first-order valence-corrected chi connectivity index (χ1v) is 13.9. The summed E-state index contributed by atoms with van der Waals surface area (Å²) in [6.07, 6.45) is 0. The van der Waals surface area contributed by atoms with Gasteiger partial charge in [0.15, 0.2) is 5.96 Å². The number of rotatable bonds is 9. The van der Waals surface area contributed by atoms with Gasteiger partial charge in [-0.1, -0.05) is 42.5 Å². The third-order valence-corrected chi connectivity index (χ3v) is 7.95. The fourth-order valence-electron chi connectivity index (χ4n) is 3.89. The Hall–Kier alpha value is -3.81. The number of hydrogen-bond acceptors (Lipinski definition) is 7. The maximum atomic E-state index is 13.4. The number of guanidine groups is 1. The molecule has 4 rings (SSSR count). The zero-order chi connectivity index (χ0) is 26.6. The topological polar surface area (TPSA) is 188 Å². The molecule has 2 heterocycles. The summed E-state index contributed by atoms with van der Waals surface area (Å²) < 4.78 is 29.4. The number of nitrogens with zero attached hydrogens (tertiary/aromatic N) is 2. The lowest BCUT2D eigenvalue weighted by Gasteiger charge is -2.18. The standard InChI is InChI=1S/C24H27N7O4S2/c25-11-17-10-20-31(23(33)21(17)30-37(34,35)14-16-4-2-1-3-5-16)19(13-36-20)22(32)28-12-15-6-8-18(9-7-15)29-24(26)27/h1-10,19,30H,11-14,25H2,(H,28,32)(H4,26,27,29). The second-order valence-electron chi connectivity index (χ2n) is 8.36. The summed E-state index contributed by atoms with van der Waals surface area (Å²) in [6, 6.07) is 16.5. The van der Waals surface area contributed by atoms with Crippen LogP contribution in [0.1, 0.15) is 22.7 Å². The van der Waals surface area contributed by atoms with Gasteiger partial charge in [0, 0.05) is 18.8 Å². The van der Waals surface area contributed by atoms with E-state index in [9.17, 15) is 18.0 Å². The second kappa shape index (κ2) is 11.1. The van der Waals surface area contributed by atoms with Crippen LogP contribution in [0.5, 0.6) is 0 Å². The maximum absolute atomic E-state index is 13.4. The quantitative estimate of drug-likeness (QED) is 0.197. The third kappa shape index (κ3) is 6.31. The molecule has 3 aromatic rings. The number of sulfonamides is 1. The van der Waals surface area contributed by atoms with Gasteiger partial charge in [0.2, 0.25) is 15.9 Å². The molecule has 1 atom stereocenters. The van der Waals surface area contributed by atoms with Gasteiger partial charge >= 0.3 is 0 Å². The first-order valence-electron chi connectivity index (χ1n) is 11.3. The van der Waals surface area contributed by atoms with Crippen LogP contribution in [0.4, 0.5) is 11.4 Å². The first-order chi connectivity index (χ1) is 17.7. The van der Waals surface area contributed by atoms with Crippen molar-refractivity contribution in [1.82, 2.24) is 9.88 Å². The molecule has 0 saturated carbocycles. The highest BCUT2D eigenvalue weighted by molar-refractivity contribution is 7.99. The van der Waals surface area contributed by atoms with E-state index < -0.39 is 21.6 Å². The molecular formula is C24H27N7O4S2. The Morgan fingerprint density at radius 1 is 1.08 bits per heavy atom. The Balaban J connectivity index is 1.53. The van der Waals surface area contributed by atoms with Crippen LogP contribution < -0.4 is 32.8 Å². The zero-order valence-electron chi connectivity index (χ0n) is 19.8. The number of aliphatic imine (C=N–C) groups is 1. The SMILES string of the molecule is NCc1cc2n(c(=O)c1NS(=O)(=O)Cc1ccccc1)C(C(=O)NCc1ccc(N=C(N)N)cc1)CS2. The first kappa shape index (κ1) is 26.3. The van der Waals surface area contributed by atoms with Crippen LogP contribution in [0, 0.1) is 0 Å². The van der Waals surface area contributed by atoms with Crippen LogP contribution in [0.15, 0.2) is 75.5 Å². The number of fused-ring (bicyclic) bond motifs is 1. The van der Waals surface area contributed by atoms with E-state index in [0.29, 0.717) is 27.6 Å². The Morgan fingerprint density at radius 2 is 1.78 bits per heavy atom. The van der Waals surface area contributed by atoms with E-state index in [1.807, 2.05) is 0 Å². The van der Waals surface area contributed by atoms with Gasteiger partial charge in [-0.05, 0) is 34.9 Å². The second-order valence-corrected chi connectivity index (χ2v) is 11.1. The smallest absolute Gasteiger partial charge is 0.276 e. The molecule has 2 aromatic carbocycles. The normalized spacial score (nSPS) is 14.6.